The van der Waals surface area contributed by atoms with Crippen LogP contribution >= 0.6 is 0 Å². The third-order valence-corrected chi connectivity index (χ3v) is 4.46. The highest BCUT2D eigenvalue weighted by atomic mass is 19.2. The number of rotatable bonds is 4. The van der Waals surface area contributed by atoms with Crippen molar-refractivity contribution in [3.63, 3.8) is 0 Å². The maximum absolute atomic E-state index is 13.3. The third-order valence-electron chi connectivity index (χ3n) is 4.46. The number of methoxy groups -OCH3 is 2. The Kier molecular flexibility index (Phi) is 5.63. The SMILES string of the molecule is COc1ccc(OC)c(N2CCN(C(=O)Nc3ccc(F)c(F)c3)CC2)c1. The largest absolute Gasteiger partial charge is 0.497 e. The molecule has 2 aromatic carbocycles. The van der Waals surface area contributed by atoms with Gasteiger partial charge in [0.05, 0.1) is 19.9 Å². The lowest BCUT2D eigenvalue weighted by Gasteiger charge is -2.36. The molecule has 1 aliphatic rings. The number of hydrogen-bond acceptors (Lipinski definition) is 4. The van der Waals surface area contributed by atoms with E-state index in [1.54, 1.807) is 19.1 Å². The van der Waals surface area contributed by atoms with Crippen LogP contribution in [-0.4, -0.2) is 51.3 Å². The minimum Gasteiger partial charge on any atom is -0.497 e. The zero-order valence-electron chi connectivity index (χ0n) is 15.2. The molecule has 1 N–H and O–H groups in total. The molecule has 1 fully saturated rings. The molecule has 0 radical (unpaired) electrons. The number of carbonyl (C=O) groups is 1. The Morgan fingerprint density at radius 1 is 0.963 bits per heavy atom. The highest BCUT2D eigenvalue weighted by Crippen LogP contribution is 2.32. The van der Waals surface area contributed by atoms with Crippen molar-refractivity contribution in [2.45, 2.75) is 0 Å². The van der Waals surface area contributed by atoms with Crippen LogP contribution in [-0.2, 0) is 0 Å². The minimum absolute atomic E-state index is 0.218. The predicted octanol–water partition coefficient (Wildman–Crippen LogP) is 3.34. The number of benzene rings is 2. The van der Waals surface area contributed by atoms with E-state index in [0.717, 1.165) is 29.3 Å². The molecule has 1 saturated heterocycles. The fourth-order valence-electron chi connectivity index (χ4n) is 2.97. The first-order chi connectivity index (χ1) is 13.0. The van der Waals surface area contributed by atoms with Crippen LogP contribution in [0, 0.1) is 11.6 Å². The number of ether oxygens (including phenoxy) is 2. The first-order valence-electron chi connectivity index (χ1n) is 8.50. The Balaban J connectivity index is 1.63. The van der Waals surface area contributed by atoms with Gasteiger partial charge in [-0.25, -0.2) is 13.6 Å². The molecule has 0 saturated carbocycles. The van der Waals surface area contributed by atoms with Crippen molar-refractivity contribution in [2.24, 2.45) is 0 Å². The van der Waals surface area contributed by atoms with Crippen molar-refractivity contribution in [1.29, 1.82) is 0 Å². The molecular formula is C19H21F2N3O3. The van der Waals surface area contributed by atoms with Gasteiger partial charge in [0.1, 0.15) is 11.5 Å². The number of nitrogens with one attached hydrogen (secondary N) is 1. The van der Waals surface area contributed by atoms with E-state index in [2.05, 4.69) is 10.2 Å². The summed E-state index contributed by atoms with van der Waals surface area (Å²) in [5.74, 6) is -0.489. The molecule has 0 atom stereocenters. The van der Waals surface area contributed by atoms with E-state index < -0.39 is 11.6 Å². The molecule has 1 aliphatic heterocycles. The second kappa shape index (κ2) is 8.11. The average molecular weight is 377 g/mol. The van der Waals surface area contributed by atoms with Gasteiger partial charge in [0.25, 0.3) is 0 Å². The second-order valence-electron chi connectivity index (χ2n) is 6.07. The van der Waals surface area contributed by atoms with Gasteiger partial charge in [-0.05, 0) is 24.3 Å². The van der Waals surface area contributed by atoms with Crippen LogP contribution in [0.3, 0.4) is 0 Å². The number of nitrogens with zero attached hydrogens (tertiary/aromatic N) is 2. The molecule has 6 nitrogen and oxygen atoms in total. The summed E-state index contributed by atoms with van der Waals surface area (Å²) in [7, 11) is 3.21. The number of halogens is 2. The van der Waals surface area contributed by atoms with Gasteiger partial charge in [-0.3, -0.25) is 0 Å². The van der Waals surface area contributed by atoms with Gasteiger partial charge >= 0.3 is 6.03 Å². The van der Waals surface area contributed by atoms with E-state index in [0.29, 0.717) is 26.2 Å². The van der Waals surface area contributed by atoms with Crippen molar-refractivity contribution in [1.82, 2.24) is 4.90 Å². The normalized spacial score (nSPS) is 14.1. The second-order valence-corrected chi connectivity index (χ2v) is 6.07. The van der Waals surface area contributed by atoms with Gasteiger partial charge < -0.3 is 24.6 Å². The standard InChI is InChI=1S/C19H21F2N3O3/c1-26-14-4-6-18(27-2)17(12-14)23-7-9-24(10-8-23)19(25)22-13-3-5-15(20)16(21)11-13/h3-6,11-12H,7-10H2,1-2H3,(H,22,25). The van der Waals surface area contributed by atoms with Gasteiger partial charge in [0, 0.05) is 44.0 Å². The van der Waals surface area contributed by atoms with Crippen LogP contribution in [0.2, 0.25) is 0 Å². The number of piperazine rings is 1. The monoisotopic (exact) mass is 377 g/mol. The van der Waals surface area contributed by atoms with Crippen LogP contribution in [0.25, 0.3) is 0 Å². The smallest absolute Gasteiger partial charge is 0.321 e. The Morgan fingerprint density at radius 3 is 2.33 bits per heavy atom. The van der Waals surface area contributed by atoms with Gasteiger partial charge in [-0.1, -0.05) is 0 Å². The predicted molar refractivity (Wildman–Crippen MR) is 98.7 cm³/mol. The summed E-state index contributed by atoms with van der Waals surface area (Å²) < 4.78 is 37.0. The van der Waals surface area contributed by atoms with E-state index in [1.165, 1.54) is 6.07 Å². The summed E-state index contributed by atoms with van der Waals surface area (Å²) in [6.45, 7) is 2.18. The Morgan fingerprint density at radius 2 is 1.70 bits per heavy atom. The molecule has 0 bridgehead atoms. The molecule has 2 amide bonds. The van der Waals surface area contributed by atoms with Gasteiger partial charge in [-0.2, -0.15) is 0 Å². The Labute approximate surface area is 156 Å². The molecule has 144 valence electrons. The van der Waals surface area contributed by atoms with E-state index in [1.807, 2.05) is 18.2 Å². The summed E-state index contributed by atoms with van der Waals surface area (Å²) in [5, 5.41) is 2.59. The topological polar surface area (TPSA) is 54.0 Å². The lowest BCUT2D eigenvalue weighted by molar-refractivity contribution is 0.208. The highest BCUT2D eigenvalue weighted by molar-refractivity contribution is 5.89. The Bertz CT molecular complexity index is 824. The van der Waals surface area contributed by atoms with E-state index >= 15 is 0 Å². The molecule has 3 rings (SSSR count). The number of carbonyl (C=O) groups excluding carboxylic acids is 1. The zero-order valence-corrected chi connectivity index (χ0v) is 15.2. The number of urea groups is 1. The van der Waals surface area contributed by atoms with Crippen LogP contribution in [0.1, 0.15) is 0 Å². The van der Waals surface area contributed by atoms with Crippen molar-refractivity contribution in [3.8, 4) is 11.5 Å². The van der Waals surface area contributed by atoms with Gasteiger partial charge in [0.15, 0.2) is 11.6 Å². The van der Waals surface area contributed by atoms with E-state index in [4.69, 9.17) is 9.47 Å². The first-order valence-corrected chi connectivity index (χ1v) is 8.50. The quantitative estimate of drug-likeness (QED) is 0.888. The van der Waals surface area contributed by atoms with Crippen molar-refractivity contribution < 1.29 is 23.0 Å². The fraction of sp³-hybridized carbons (Fsp3) is 0.316. The fourth-order valence-corrected chi connectivity index (χ4v) is 2.97. The maximum atomic E-state index is 13.3. The minimum atomic E-state index is -0.997. The zero-order chi connectivity index (χ0) is 19.4. The number of hydrogen-bond donors (Lipinski definition) is 1. The molecule has 0 unspecified atom stereocenters. The molecular weight excluding hydrogens is 356 g/mol. The lowest BCUT2D eigenvalue weighted by atomic mass is 10.2. The summed E-state index contributed by atoms with van der Waals surface area (Å²) in [6, 6.07) is 8.49. The maximum Gasteiger partial charge on any atom is 0.321 e. The number of anilines is 2. The third kappa shape index (κ3) is 4.21. The molecule has 8 heteroatoms. The molecule has 0 aliphatic carbocycles. The van der Waals surface area contributed by atoms with Crippen molar-refractivity contribution >= 4 is 17.4 Å². The first kappa shape index (κ1) is 18.8. The summed E-state index contributed by atoms with van der Waals surface area (Å²) in [4.78, 5) is 16.1. The average Bonchev–Trinajstić information content (AvgIpc) is 2.70. The molecule has 0 spiro atoms. The molecule has 2 aromatic rings. The van der Waals surface area contributed by atoms with E-state index in [-0.39, 0.29) is 11.7 Å². The molecule has 27 heavy (non-hydrogen) atoms. The lowest BCUT2D eigenvalue weighted by Crippen LogP contribution is -2.50. The summed E-state index contributed by atoms with van der Waals surface area (Å²) in [5.41, 5.74) is 1.12. The summed E-state index contributed by atoms with van der Waals surface area (Å²) in [6.07, 6.45) is 0. The van der Waals surface area contributed by atoms with Gasteiger partial charge in [0.2, 0.25) is 0 Å². The highest BCUT2D eigenvalue weighted by Gasteiger charge is 2.23. The van der Waals surface area contributed by atoms with Crippen LogP contribution < -0.4 is 19.7 Å². The van der Waals surface area contributed by atoms with Crippen LogP contribution in [0.4, 0.5) is 25.0 Å². The van der Waals surface area contributed by atoms with Gasteiger partial charge in [-0.15, -0.1) is 0 Å². The molecule has 0 aromatic heterocycles. The van der Waals surface area contributed by atoms with Crippen molar-refractivity contribution in [2.75, 3.05) is 50.6 Å². The van der Waals surface area contributed by atoms with Crippen LogP contribution in [0.15, 0.2) is 36.4 Å². The van der Waals surface area contributed by atoms with E-state index in [9.17, 15) is 13.6 Å². The van der Waals surface area contributed by atoms with Crippen molar-refractivity contribution in [3.05, 3.63) is 48.0 Å². The van der Waals surface area contributed by atoms with Crippen LogP contribution in [0.5, 0.6) is 11.5 Å². The summed E-state index contributed by atoms with van der Waals surface area (Å²) >= 11 is 0. The Hall–Kier alpha value is -3.03. The molecule has 1 heterocycles. The number of amides is 2.